The molecule has 0 spiro atoms. The first kappa shape index (κ1) is 13.1. The van der Waals surface area contributed by atoms with Gasteiger partial charge in [-0.15, -0.1) is 0 Å². The maximum absolute atomic E-state index is 12.1. The van der Waals surface area contributed by atoms with Gasteiger partial charge in [-0.2, -0.15) is 0 Å². The third-order valence-corrected chi connectivity index (χ3v) is 4.73. The minimum atomic E-state index is -0.168. The van der Waals surface area contributed by atoms with E-state index in [1.807, 2.05) is 0 Å². The molecule has 2 heterocycles. The zero-order valence-electron chi connectivity index (χ0n) is 11.8. The standard InChI is InChI=1S/C14H23N3O2/c1-9-7-10(8-17(9)11-3-4-11)15-12-5-6-13(18)16(2)14(12)19/h9-12,15H,3-8H2,1-2H3. The van der Waals surface area contributed by atoms with Gasteiger partial charge in [0.25, 0.3) is 0 Å². The Kier molecular flexibility index (Phi) is 3.35. The van der Waals surface area contributed by atoms with E-state index in [9.17, 15) is 9.59 Å². The first-order valence-electron chi connectivity index (χ1n) is 7.38. The third kappa shape index (κ3) is 2.54. The number of piperidine rings is 1. The number of nitrogens with zero attached hydrogens (tertiary/aromatic N) is 2. The summed E-state index contributed by atoms with van der Waals surface area (Å²) in [4.78, 5) is 27.4. The van der Waals surface area contributed by atoms with Gasteiger partial charge in [0.05, 0.1) is 6.04 Å². The van der Waals surface area contributed by atoms with Crippen LogP contribution in [0.5, 0.6) is 0 Å². The van der Waals surface area contributed by atoms with Gasteiger partial charge in [0.2, 0.25) is 11.8 Å². The van der Waals surface area contributed by atoms with Gasteiger partial charge in [0.1, 0.15) is 0 Å². The highest BCUT2D eigenvalue weighted by Gasteiger charge is 2.40. The molecule has 1 saturated carbocycles. The van der Waals surface area contributed by atoms with Crippen LogP contribution in [0.25, 0.3) is 0 Å². The van der Waals surface area contributed by atoms with Crippen molar-refractivity contribution < 1.29 is 9.59 Å². The lowest BCUT2D eigenvalue weighted by molar-refractivity contribution is -0.148. The van der Waals surface area contributed by atoms with Crippen LogP contribution in [0.2, 0.25) is 0 Å². The summed E-state index contributed by atoms with van der Waals surface area (Å²) in [6.45, 7) is 3.33. The quantitative estimate of drug-likeness (QED) is 0.748. The summed E-state index contributed by atoms with van der Waals surface area (Å²) >= 11 is 0. The van der Waals surface area contributed by atoms with E-state index in [2.05, 4.69) is 17.1 Å². The molecule has 106 valence electrons. The van der Waals surface area contributed by atoms with E-state index in [4.69, 9.17) is 0 Å². The summed E-state index contributed by atoms with van der Waals surface area (Å²) in [5.74, 6) is -0.115. The Hall–Kier alpha value is -0.940. The van der Waals surface area contributed by atoms with Crippen LogP contribution in [0.1, 0.15) is 39.0 Å². The number of nitrogens with one attached hydrogen (secondary N) is 1. The minimum Gasteiger partial charge on any atom is -0.302 e. The van der Waals surface area contributed by atoms with Gasteiger partial charge in [-0.1, -0.05) is 0 Å². The summed E-state index contributed by atoms with van der Waals surface area (Å²) in [5, 5.41) is 3.48. The molecule has 3 aliphatic rings. The molecule has 2 saturated heterocycles. The number of likely N-dealkylation sites (N-methyl/N-ethyl adjacent to an activating group) is 1. The molecule has 1 N–H and O–H groups in total. The highest BCUT2D eigenvalue weighted by atomic mass is 16.2. The number of imide groups is 1. The highest BCUT2D eigenvalue weighted by molar-refractivity contribution is 6.00. The molecule has 2 amide bonds. The number of carbonyl (C=O) groups is 2. The van der Waals surface area contributed by atoms with Crippen LogP contribution in [0.3, 0.4) is 0 Å². The van der Waals surface area contributed by atoms with Crippen molar-refractivity contribution in [1.82, 2.24) is 15.1 Å². The largest absolute Gasteiger partial charge is 0.302 e. The van der Waals surface area contributed by atoms with Crippen LogP contribution in [-0.2, 0) is 9.59 Å². The molecule has 0 radical (unpaired) electrons. The molecule has 0 aromatic rings. The Balaban J connectivity index is 1.57. The predicted molar refractivity (Wildman–Crippen MR) is 71.5 cm³/mol. The predicted octanol–water partition coefficient (Wildman–Crippen LogP) is 0.349. The second kappa shape index (κ2) is 4.87. The van der Waals surface area contributed by atoms with Gasteiger partial charge in [-0.25, -0.2) is 0 Å². The summed E-state index contributed by atoms with van der Waals surface area (Å²) in [6, 6.07) is 1.63. The van der Waals surface area contributed by atoms with Gasteiger partial charge in [-0.05, 0) is 32.6 Å². The van der Waals surface area contributed by atoms with Gasteiger partial charge in [0.15, 0.2) is 0 Å². The number of likely N-dealkylation sites (tertiary alicyclic amines) is 2. The molecule has 19 heavy (non-hydrogen) atoms. The summed E-state index contributed by atoms with van der Waals surface area (Å²) in [7, 11) is 1.59. The van der Waals surface area contributed by atoms with E-state index in [-0.39, 0.29) is 17.9 Å². The Morgan fingerprint density at radius 3 is 2.63 bits per heavy atom. The van der Waals surface area contributed by atoms with Crippen molar-refractivity contribution in [2.75, 3.05) is 13.6 Å². The normalized spacial score (nSPS) is 37.2. The topological polar surface area (TPSA) is 52.7 Å². The molecule has 3 fully saturated rings. The molecule has 3 rings (SSSR count). The molecule has 5 heteroatoms. The maximum atomic E-state index is 12.1. The van der Waals surface area contributed by atoms with Crippen molar-refractivity contribution >= 4 is 11.8 Å². The van der Waals surface area contributed by atoms with Gasteiger partial charge in [-0.3, -0.25) is 19.4 Å². The van der Waals surface area contributed by atoms with E-state index in [1.54, 1.807) is 7.05 Å². The number of rotatable bonds is 3. The van der Waals surface area contributed by atoms with Crippen molar-refractivity contribution in [2.24, 2.45) is 0 Å². The maximum Gasteiger partial charge on any atom is 0.246 e. The number of carbonyl (C=O) groups excluding carboxylic acids is 2. The highest BCUT2D eigenvalue weighted by Crippen LogP contribution is 2.33. The molecule has 3 atom stereocenters. The van der Waals surface area contributed by atoms with E-state index in [0.717, 1.165) is 19.0 Å². The zero-order chi connectivity index (χ0) is 13.6. The Labute approximate surface area is 114 Å². The third-order valence-electron chi connectivity index (χ3n) is 4.73. The fourth-order valence-electron chi connectivity index (χ4n) is 3.45. The molecule has 5 nitrogen and oxygen atoms in total. The van der Waals surface area contributed by atoms with Crippen molar-refractivity contribution in [2.45, 2.75) is 63.2 Å². The van der Waals surface area contributed by atoms with Crippen LogP contribution in [0.4, 0.5) is 0 Å². The lowest BCUT2D eigenvalue weighted by Crippen LogP contribution is -2.54. The summed E-state index contributed by atoms with van der Waals surface area (Å²) in [6.07, 6.45) is 4.90. The molecule has 0 aromatic carbocycles. The van der Waals surface area contributed by atoms with Crippen LogP contribution in [0, 0.1) is 0 Å². The minimum absolute atomic E-state index is 0.0533. The Bertz CT molecular complexity index is 394. The van der Waals surface area contributed by atoms with Crippen molar-refractivity contribution in [3.63, 3.8) is 0 Å². The molecule has 0 aromatic heterocycles. The van der Waals surface area contributed by atoms with Crippen molar-refractivity contribution in [3.8, 4) is 0 Å². The lowest BCUT2D eigenvalue weighted by Gasteiger charge is -2.30. The van der Waals surface area contributed by atoms with E-state index in [1.165, 1.54) is 17.7 Å². The fraction of sp³-hybridized carbons (Fsp3) is 0.857. The van der Waals surface area contributed by atoms with E-state index in [0.29, 0.717) is 24.9 Å². The molecule has 2 aliphatic heterocycles. The number of amides is 2. The van der Waals surface area contributed by atoms with Crippen LogP contribution >= 0.6 is 0 Å². The second-order valence-electron chi connectivity index (χ2n) is 6.26. The monoisotopic (exact) mass is 265 g/mol. The van der Waals surface area contributed by atoms with Gasteiger partial charge >= 0.3 is 0 Å². The van der Waals surface area contributed by atoms with E-state index < -0.39 is 0 Å². The Morgan fingerprint density at radius 1 is 1.21 bits per heavy atom. The Morgan fingerprint density at radius 2 is 1.95 bits per heavy atom. The van der Waals surface area contributed by atoms with Crippen molar-refractivity contribution in [3.05, 3.63) is 0 Å². The average Bonchev–Trinajstić information content (AvgIpc) is 3.15. The fourth-order valence-corrected chi connectivity index (χ4v) is 3.45. The molecule has 3 unspecified atom stereocenters. The van der Waals surface area contributed by atoms with Crippen molar-refractivity contribution in [1.29, 1.82) is 0 Å². The molecular formula is C14H23N3O2. The van der Waals surface area contributed by atoms with Gasteiger partial charge in [0, 0.05) is 38.1 Å². The van der Waals surface area contributed by atoms with Crippen LogP contribution < -0.4 is 5.32 Å². The first-order valence-corrected chi connectivity index (χ1v) is 7.38. The van der Waals surface area contributed by atoms with Crippen LogP contribution in [0.15, 0.2) is 0 Å². The lowest BCUT2D eigenvalue weighted by atomic mass is 10.0. The number of hydrogen-bond acceptors (Lipinski definition) is 4. The number of hydrogen-bond donors (Lipinski definition) is 1. The van der Waals surface area contributed by atoms with Crippen LogP contribution in [-0.4, -0.2) is 59.4 Å². The smallest absolute Gasteiger partial charge is 0.246 e. The zero-order valence-corrected chi connectivity index (χ0v) is 11.8. The average molecular weight is 265 g/mol. The van der Waals surface area contributed by atoms with Gasteiger partial charge < -0.3 is 5.32 Å². The molecule has 0 bridgehead atoms. The second-order valence-corrected chi connectivity index (χ2v) is 6.26. The summed E-state index contributed by atoms with van der Waals surface area (Å²) in [5.41, 5.74) is 0. The SMILES string of the molecule is CC1CC(NC2CCC(=O)N(C)C2=O)CN1C1CC1. The van der Waals surface area contributed by atoms with E-state index >= 15 is 0 Å². The molecular weight excluding hydrogens is 242 g/mol. The molecule has 1 aliphatic carbocycles. The summed E-state index contributed by atoms with van der Waals surface area (Å²) < 4.78 is 0. The first-order chi connectivity index (χ1) is 9.06.